The summed E-state index contributed by atoms with van der Waals surface area (Å²) in [6.07, 6.45) is 2.10. The van der Waals surface area contributed by atoms with E-state index >= 15 is 0 Å². The fraction of sp³-hybridized carbons (Fsp3) is 0.529. The summed E-state index contributed by atoms with van der Waals surface area (Å²) in [4.78, 5) is 23.4. The zero-order chi connectivity index (χ0) is 18.9. The monoisotopic (exact) mass is 370 g/mol. The van der Waals surface area contributed by atoms with Gasteiger partial charge in [-0.2, -0.15) is 0 Å². The van der Waals surface area contributed by atoms with Crippen LogP contribution in [0.15, 0.2) is 30.3 Å². The van der Waals surface area contributed by atoms with E-state index in [1.54, 1.807) is 0 Å². The van der Waals surface area contributed by atoms with E-state index in [1.807, 2.05) is 44.2 Å². The molecule has 25 heavy (non-hydrogen) atoms. The van der Waals surface area contributed by atoms with Gasteiger partial charge in [0.15, 0.2) is 0 Å². The molecule has 0 aliphatic heterocycles. The molecule has 0 unspecified atom stereocenters. The van der Waals surface area contributed by atoms with Crippen molar-refractivity contribution in [3.63, 3.8) is 0 Å². The van der Waals surface area contributed by atoms with Crippen LogP contribution < -0.4 is 10.0 Å². The van der Waals surface area contributed by atoms with Crippen molar-refractivity contribution in [3.05, 3.63) is 35.9 Å². The van der Waals surface area contributed by atoms with Gasteiger partial charge in [-0.05, 0) is 17.9 Å². The number of hydrogen-bond acceptors (Lipinski definition) is 5. The Hall–Kier alpha value is -1.77. The zero-order valence-electron chi connectivity index (χ0n) is 14.8. The molecular formula is C17H26N2O5S. The van der Waals surface area contributed by atoms with E-state index in [-0.39, 0.29) is 19.1 Å². The van der Waals surface area contributed by atoms with E-state index in [0.717, 1.165) is 11.8 Å². The van der Waals surface area contributed by atoms with Gasteiger partial charge in [0.05, 0.1) is 25.5 Å². The third kappa shape index (κ3) is 9.33. The average Bonchev–Trinajstić information content (AvgIpc) is 2.52. The van der Waals surface area contributed by atoms with E-state index in [0.29, 0.717) is 12.7 Å². The smallest absolute Gasteiger partial charge is 0.241 e. The number of hydrogen-bond donors (Lipinski definition) is 2. The van der Waals surface area contributed by atoms with Crippen LogP contribution in [0, 0.1) is 5.92 Å². The molecule has 8 heteroatoms. The molecular weight excluding hydrogens is 344 g/mol. The number of amides is 1. The Morgan fingerprint density at radius 3 is 2.40 bits per heavy atom. The molecule has 1 rings (SSSR count). The number of nitrogens with one attached hydrogen (secondary N) is 2. The first-order chi connectivity index (χ1) is 11.7. The van der Waals surface area contributed by atoms with Gasteiger partial charge in [0.25, 0.3) is 0 Å². The minimum absolute atomic E-state index is 0.138. The Balaban J connectivity index is 2.67. The largest absolute Gasteiger partial charge is 0.375 e. The molecule has 2 atom stereocenters. The molecule has 0 saturated carbocycles. The quantitative estimate of drug-likeness (QED) is 0.562. The number of carbonyl (C=O) groups is 2. The number of rotatable bonds is 11. The SMILES string of the molecule is CC(C)C[C@@H](C=O)NC(=O)[C@@H](COCc1ccccc1)NS(C)(=O)=O. The predicted octanol–water partition coefficient (Wildman–Crippen LogP) is 0.851. The van der Waals surface area contributed by atoms with Gasteiger partial charge in [0, 0.05) is 0 Å². The van der Waals surface area contributed by atoms with Crippen molar-refractivity contribution in [2.75, 3.05) is 12.9 Å². The summed E-state index contributed by atoms with van der Waals surface area (Å²) in [5.74, 6) is -0.373. The van der Waals surface area contributed by atoms with Gasteiger partial charge in [0.2, 0.25) is 15.9 Å². The lowest BCUT2D eigenvalue weighted by Crippen LogP contribution is -2.52. The average molecular weight is 370 g/mol. The van der Waals surface area contributed by atoms with Gasteiger partial charge >= 0.3 is 0 Å². The second-order valence-corrected chi connectivity index (χ2v) is 8.10. The third-order valence-electron chi connectivity index (χ3n) is 3.29. The maximum Gasteiger partial charge on any atom is 0.241 e. The second-order valence-electron chi connectivity index (χ2n) is 6.32. The summed E-state index contributed by atoms with van der Waals surface area (Å²) in [6, 6.07) is 7.56. The molecule has 0 spiro atoms. The minimum Gasteiger partial charge on any atom is -0.375 e. The standard InChI is InChI=1S/C17H26N2O5S/c1-13(2)9-15(10-20)18-17(21)16(19-25(3,22)23)12-24-11-14-7-5-4-6-8-14/h4-8,10,13,15-16,19H,9,11-12H2,1-3H3,(H,18,21)/t15-,16+/m0/s1. The van der Waals surface area contributed by atoms with Crippen LogP contribution in [-0.2, 0) is 31.0 Å². The fourth-order valence-corrected chi connectivity index (χ4v) is 2.92. The Bertz CT molecular complexity index is 646. The molecule has 1 amide bonds. The van der Waals surface area contributed by atoms with Crippen LogP contribution >= 0.6 is 0 Å². The molecule has 7 nitrogen and oxygen atoms in total. The molecule has 0 bridgehead atoms. The molecule has 2 N–H and O–H groups in total. The first kappa shape index (κ1) is 21.3. The van der Waals surface area contributed by atoms with Crippen molar-refractivity contribution in [2.45, 2.75) is 39.0 Å². The van der Waals surface area contributed by atoms with Crippen LogP contribution in [0.4, 0.5) is 0 Å². The highest BCUT2D eigenvalue weighted by molar-refractivity contribution is 7.88. The maximum absolute atomic E-state index is 12.3. The molecule has 0 radical (unpaired) electrons. The van der Waals surface area contributed by atoms with E-state index in [1.165, 1.54) is 0 Å². The van der Waals surface area contributed by atoms with Crippen LogP contribution in [0.5, 0.6) is 0 Å². The number of aldehydes is 1. The van der Waals surface area contributed by atoms with Gasteiger partial charge in [-0.15, -0.1) is 0 Å². The Labute approximate surface area is 149 Å². The van der Waals surface area contributed by atoms with Gasteiger partial charge in [-0.3, -0.25) is 4.79 Å². The van der Waals surface area contributed by atoms with Crippen LogP contribution in [0.2, 0.25) is 0 Å². The lowest BCUT2D eigenvalue weighted by Gasteiger charge is -2.21. The lowest BCUT2D eigenvalue weighted by molar-refractivity contribution is -0.127. The van der Waals surface area contributed by atoms with Crippen LogP contribution in [0.1, 0.15) is 25.8 Å². The Kier molecular flexibility index (Phi) is 8.74. The van der Waals surface area contributed by atoms with Crippen LogP contribution in [-0.4, -0.2) is 45.6 Å². The summed E-state index contributed by atoms with van der Waals surface area (Å²) in [7, 11) is -3.61. The third-order valence-corrected chi connectivity index (χ3v) is 4.00. The van der Waals surface area contributed by atoms with Gasteiger partial charge in [0.1, 0.15) is 12.3 Å². The van der Waals surface area contributed by atoms with Crippen molar-refractivity contribution < 1.29 is 22.7 Å². The normalized spacial score (nSPS) is 14.1. The number of benzene rings is 1. The molecule has 0 fully saturated rings. The predicted molar refractivity (Wildman–Crippen MR) is 95.3 cm³/mol. The summed E-state index contributed by atoms with van der Waals surface area (Å²) >= 11 is 0. The van der Waals surface area contributed by atoms with Gasteiger partial charge < -0.3 is 14.8 Å². The molecule has 0 saturated heterocycles. The fourth-order valence-electron chi connectivity index (χ4n) is 2.23. The van der Waals surface area contributed by atoms with Crippen LogP contribution in [0.25, 0.3) is 0 Å². The summed E-state index contributed by atoms with van der Waals surface area (Å²) in [5, 5.41) is 2.56. The van der Waals surface area contributed by atoms with Crippen molar-refractivity contribution >= 4 is 22.2 Å². The number of ether oxygens (including phenoxy) is 1. The first-order valence-electron chi connectivity index (χ1n) is 8.06. The summed E-state index contributed by atoms with van der Waals surface area (Å²) < 4.78 is 30.7. The topological polar surface area (TPSA) is 102 Å². The highest BCUT2D eigenvalue weighted by Gasteiger charge is 2.25. The molecule has 140 valence electrons. The van der Waals surface area contributed by atoms with Gasteiger partial charge in [-0.1, -0.05) is 44.2 Å². The van der Waals surface area contributed by atoms with E-state index < -0.39 is 28.0 Å². The number of sulfonamides is 1. The Morgan fingerprint density at radius 1 is 1.24 bits per heavy atom. The van der Waals surface area contributed by atoms with Crippen molar-refractivity contribution in [1.82, 2.24) is 10.0 Å². The molecule has 0 aromatic heterocycles. The van der Waals surface area contributed by atoms with E-state index in [2.05, 4.69) is 10.0 Å². The highest BCUT2D eigenvalue weighted by Crippen LogP contribution is 2.05. The molecule has 0 aliphatic carbocycles. The van der Waals surface area contributed by atoms with Crippen LogP contribution in [0.3, 0.4) is 0 Å². The second kappa shape index (κ2) is 10.3. The molecule has 0 heterocycles. The molecule has 1 aromatic carbocycles. The Morgan fingerprint density at radius 2 is 1.88 bits per heavy atom. The zero-order valence-corrected chi connectivity index (χ0v) is 15.6. The highest BCUT2D eigenvalue weighted by atomic mass is 32.2. The molecule has 0 aliphatic rings. The summed E-state index contributed by atoms with van der Waals surface area (Å²) in [6.45, 7) is 3.97. The number of carbonyl (C=O) groups excluding carboxylic acids is 2. The van der Waals surface area contributed by atoms with Crippen molar-refractivity contribution in [3.8, 4) is 0 Å². The minimum atomic E-state index is -3.61. The molecule has 1 aromatic rings. The van der Waals surface area contributed by atoms with E-state index in [4.69, 9.17) is 4.74 Å². The maximum atomic E-state index is 12.3. The summed E-state index contributed by atoms with van der Waals surface area (Å²) in [5.41, 5.74) is 0.909. The van der Waals surface area contributed by atoms with E-state index in [9.17, 15) is 18.0 Å². The lowest BCUT2D eigenvalue weighted by atomic mass is 10.0. The van der Waals surface area contributed by atoms with Crippen molar-refractivity contribution in [2.24, 2.45) is 5.92 Å². The first-order valence-corrected chi connectivity index (χ1v) is 9.95. The van der Waals surface area contributed by atoms with Gasteiger partial charge in [-0.25, -0.2) is 13.1 Å². The van der Waals surface area contributed by atoms with Crippen molar-refractivity contribution in [1.29, 1.82) is 0 Å².